The van der Waals surface area contributed by atoms with Crippen LogP contribution in [0.15, 0.2) is 75.6 Å². The number of nitrogens with zero attached hydrogens (tertiary/aromatic N) is 1. The smallest absolute Gasteiger partial charge is 0.280 e. The Hall–Kier alpha value is -3.19. The molecule has 0 radical (unpaired) electrons. The Morgan fingerprint density at radius 1 is 1.08 bits per heavy atom. The Morgan fingerprint density at radius 3 is 2.54 bits per heavy atom. The number of para-hydroxylation sites is 1. The Morgan fingerprint density at radius 2 is 1.81 bits per heavy atom. The van der Waals surface area contributed by atoms with Crippen molar-refractivity contribution in [1.29, 1.82) is 0 Å². The lowest BCUT2D eigenvalue weighted by molar-refractivity contribution is -0.384. The topological polar surface area (TPSA) is 85.4 Å². The van der Waals surface area contributed by atoms with Gasteiger partial charge >= 0.3 is 0 Å². The predicted molar refractivity (Wildman–Crippen MR) is 103 cm³/mol. The third-order valence-corrected chi connectivity index (χ3v) is 4.03. The Balaban J connectivity index is 1.72. The molecule has 7 heteroatoms. The number of amides is 1. The van der Waals surface area contributed by atoms with Crippen molar-refractivity contribution >= 4 is 39.3 Å². The molecular formula is C19H13BrN2O4. The van der Waals surface area contributed by atoms with Crippen LogP contribution in [-0.2, 0) is 4.79 Å². The lowest BCUT2D eigenvalue weighted by atomic mass is 10.1. The molecule has 0 saturated carbocycles. The van der Waals surface area contributed by atoms with Crippen LogP contribution in [0.4, 0.5) is 11.4 Å². The van der Waals surface area contributed by atoms with E-state index in [1.807, 2.05) is 12.1 Å². The van der Waals surface area contributed by atoms with Gasteiger partial charge in [-0.3, -0.25) is 14.9 Å². The van der Waals surface area contributed by atoms with Gasteiger partial charge in [0.05, 0.1) is 10.5 Å². The number of anilines is 1. The third kappa shape index (κ3) is 4.25. The first-order chi connectivity index (χ1) is 12.5. The van der Waals surface area contributed by atoms with Gasteiger partial charge in [0.1, 0.15) is 11.5 Å². The summed E-state index contributed by atoms with van der Waals surface area (Å²) >= 11 is 3.33. The molecule has 1 aromatic heterocycles. The normalized spacial score (nSPS) is 10.8. The SMILES string of the molecule is O=C(/C=C/c1ccc(-c2ccccc2[N+](=O)[O-])o1)Nc1ccc(Br)cc1. The highest BCUT2D eigenvalue weighted by atomic mass is 79.9. The van der Waals surface area contributed by atoms with Crippen molar-refractivity contribution in [2.45, 2.75) is 0 Å². The van der Waals surface area contributed by atoms with Crippen LogP contribution in [-0.4, -0.2) is 10.8 Å². The molecule has 0 unspecified atom stereocenters. The van der Waals surface area contributed by atoms with Crippen molar-refractivity contribution in [3.05, 3.63) is 87.1 Å². The molecule has 0 spiro atoms. The van der Waals surface area contributed by atoms with Gasteiger partial charge in [-0.05, 0) is 48.5 Å². The summed E-state index contributed by atoms with van der Waals surface area (Å²) in [5, 5.41) is 13.8. The number of carbonyl (C=O) groups excluding carboxylic acids is 1. The zero-order valence-electron chi connectivity index (χ0n) is 13.4. The van der Waals surface area contributed by atoms with Crippen molar-refractivity contribution in [2.75, 3.05) is 5.32 Å². The number of halogens is 1. The number of nitro groups is 1. The molecule has 0 bridgehead atoms. The third-order valence-electron chi connectivity index (χ3n) is 3.50. The molecule has 3 rings (SSSR count). The van der Waals surface area contributed by atoms with Gasteiger partial charge in [0.2, 0.25) is 5.91 Å². The predicted octanol–water partition coefficient (Wildman–Crippen LogP) is 5.27. The highest BCUT2D eigenvalue weighted by Gasteiger charge is 2.16. The maximum Gasteiger partial charge on any atom is 0.280 e. The standard InChI is InChI=1S/C19H13BrN2O4/c20-13-5-7-14(8-6-13)21-19(23)12-10-15-9-11-18(26-15)16-3-1-2-4-17(16)22(24)25/h1-12H,(H,21,23)/b12-10+. The molecule has 1 N–H and O–H groups in total. The largest absolute Gasteiger partial charge is 0.456 e. The van der Waals surface area contributed by atoms with Gasteiger partial charge in [0.25, 0.3) is 5.69 Å². The summed E-state index contributed by atoms with van der Waals surface area (Å²) in [6, 6.07) is 16.8. The maximum absolute atomic E-state index is 12.0. The highest BCUT2D eigenvalue weighted by molar-refractivity contribution is 9.10. The van der Waals surface area contributed by atoms with Gasteiger partial charge in [0.15, 0.2) is 0 Å². The zero-order chi connectivity index (χ0) is 18.5. The number of nitro benzene ring substituents is 1. The molecule has 130 valence electrons. The number of hydrogen-bond donors (Lipinski definition) is 1. The molecule has 0 atom stereocenters. The second-order valence-corrected chi connectivity index (χ2v) is 6.22. The van der Waals surface area contributed by atoms with Gasteiger partial charge in [-0.25, -0.2) is 0 Å². The molecule has 0 saturated heterocycles. The van der Waals surface area contributed by atoms with E-state index >= 15 is 0 Å². The molecule has 1 heterocycles. The lowest BCUT2D eigenvalue weighted by Crippen LogP contribution is -2.07. The van der Waals surface area contributed by atoms with E-state index < -0.39 is 4.92 Å². The fraction of sp³-hybridized carbons (Fsp3) is 0. The van der Waals surface area contributed by atoms with E-state index in [1.165, 1.54) is 18.2 Å². The average Bonchev–Trinajstić information content (AvgIpc) is 3.11. The fourth-order valence-electron chi connectivity index (χ4n) is 2.30. The molecule has 2 aromatic carbocycles. The lowest BCUT2D eigenvalue weighted by Gasteiger charge is -2.01. The summed E-state index contributed by atoms with van der Waals surface area (Å²) in [5.74, 6) is 0.477. The molecule has 1 amide bonds. The van der Waals surface area contributed by atoms with Gasteiger partial charge in [0, 0.05) is 22.3 Å². The van der Waals surface area contributed by atoms with Gasteiger partial charge < -0.3 is 9.73 Å². The number of furan rings is 1. The van der Waals surface area contributed by atoms with E-state index in [2.05, 4.69) is 21.2 Å². The van der Waals surface area contributed by atoms with Crippen LogP contribution in [0.25, 0.3) is 17.4 Å². The van der Waals surface area contributed by atoms with E-state index in [4.69, 9.17) is 4.42 Å². The highest BCUT2D eigenvalue weighted by Crippen LogP contribution is 2.31. The number of rotatable bonds is 5. The quantitative estimate of drug-likeness (QED) is 0.351. The van der Waals surface area contributed by atoms with Gasteiger partial charge in [-0.1, -0.05) is 28.1 Å². The van der Waals surface area contributed by atoms with Crippen LogP contribution in [0, 0.1) is 10.1 Å². The van der Waals surface area contributed by atoms with E-state index in [9.17, 15) is 14.9 Å². The first kappa shape index (κ1) is 17.6. The average molecular weight is 413 g/mol. The van der Waals surface area contributed by atoms with Crippen molar-refractivity contribution in [3.8, 4) is 11.3 Å². The zero-order valence-corrected chi connectivity index (χ0v) is 15.0. The molecule has 0 fully saturated rings. The number of benzene rings is 2. The summed E-state index contributed by atoms with van der Waals surface area (Å²) < 4.78 is 6.52. The van der Waals surface area contributed by atoms with Crippen LogP contribution >= 0.6 is 15.9 Å². The number of hydrogen-bond acceptors (Lipinski definition) is 4. The maximum atomic E-state index is 12.0. The van der Waals surface area contributed by atoms with E-state index in [-0.39, 0.29) is 11.6 Å². The molecule has 3 aromatic rings. The minimum Gasteiger partial charge on any atom is -0.456 e. The van der Waals surface area contributed by atoms with Crippen LogP contribution < -0.4 is 5.32 Å². The van der Waals surface area contributed by atoms with Crippen LogP contribution in [0.5, 0.6) is 0 Å². The number of carbonyl (C=O) groups is 1. The summed E-state index contributed by atoms with van der Waals surface area (Å²) in [4.78, 5) is 22.6. The van der Waals surface area contributed by atoms with Crippen molar-refractivity contribution in [2.24, 2.45) is 0 Å². The van der Waals surface area contributed by atoms with Crippen molar-refractivity contribution < 1.29 is 14.1 Å². The number of nitrogens with one attached hydrogen (secondary N) is 1. The molecule has 26 heavy (non-hydrogen) atoms. The van der Waals surface area contributed by atoms with Gasteiger partial charge in [-0.15, -0.1) is 0 Å². The van der Waals surface area contributed by atoms with E-state index in [1.54, 1.807) is 42.5 Å². The fourth-order valence-corrected chi connectivity index (χ4v) is 2.57. The minimum absolute atomic E-state index is 0.0367. The minimum atomic E-state index is -0.459. The van der Waals surface area contributed by atoms with Crippen molar-refractivity contribution in [1.82, 2.24) is 0 Å². The van der Waals surface area contributed by atoms with Gasteiger partial charge in [-0.2, -0.15) is 0 Å². The summed E-state index contributed by atoms with van der Waals surface area (Å²) in [6.45, 7) is 0. The van der Waals surface area contributed by atoms with Crippen LogP contribution in [0.3, 0.4) is 0 Å². The second kappa shape index (κ2) is 7.79. The second-order valence-electron chi connectivity index (χ2n) is 5.31. The first-order valence-corrected chi connectivity index (χ1v) is 8.40. The molecular weight excluding hydrogens is 400 g/mol. The van der Waals surface area contributed by atoms with E-state index in [0.29, 0.717) is 22.8 Å². The summed E-state index contributed by atoms with van der Waals surface area (Å²) in [5.41, 5.74) is 1.02. The molecule has 0 aliphatic carbocycles. The Bertz CT molecular complexity index is 977. The summed E-state index contributed by atoms with van der Waals surface area (Å²) in [6.07, 6.45) is 2.84. The summed E-state index contributed by atoms with van der Waals surface area (Å²) in [7, 11) is 0. The monoisotopic (exact) mass is 412 g/mol. The molecule has 0 aliphatic heterocycles. The Labute approximate surface area is 157 Å². The van der Waals surface area contributed by atoms with Crippen LogP contribution in [0.2, 0.25) is 0 Å². The molecule has 0 aliphatic rings. The first-order valence-electron chi connectivity index (χ1n) is 7.61. The van der Waals surface area contributed by atoms with Crippen molar-refractivity contribution in [3.63, 3.8) is 0 Å². The Kier molecular flexibility index (Phi) is 5.28. The van der Waals surface area contributed by atoms with E-state index in [0.717, 1.165) is 4.47 Å². The molecule has 6 nitrogen and oxygen atoms in total. The van der Waals surface area contributed by atoms with Crippen LogP contribution in [0.1, 0.15) is 5.76 Å².